The SMILES string of the molecule is CC(C)(C)c1cc(NC(=O)C2(S(=O)(=O)c3ccc(C(F)(F)F)cc3)CC2)no1.CCOC(=O)C1(S(=O)(=O)c2ccc(C(F)(F)F)cc2)CC1.CCOC(=O)CS(=O)(=O)c1ccc(C(F)(F)F)cc1.O=C(O)C1(S(=O)(=O)c2ccc(C(F)(F)F)cc2)CC1. The van der Waals surface area contributed by atoms with Crippen LogP contribution in [-0.2, 0) is 98.1 Å². The van der Waals surface area contributed by atoms with E-state index in [1.807, 2.05) is 20.8 Å². The molecule has 0 unspecified atom stereocenters. The number of aromatic nitrogens is 1. The van der Waals surface area contributed by atoms with E-state index in [0.717, 1.165) is 48.5 Å². The maximum absolute atomic E-state index is 12.9. The molecule has 0 spiro atoms. The van der Waals surface area contributed by atoms with Crippen LogP contribution in [0.5, 0.6) is 0 Å². The zero-order valence-corrected chi connectivity index (χ0v) is 49.1. The highest BCUT2D eigenvalue weighted by Crippen LogP contribution is 2.50. The fourth-order valence-corrected chi connectivity index (χ4v) is 14.4. The van der Waals surface area contributed by atoms with Gasteiger partial charge in [-0.2, -0.15) is 52.7 Å². The van der Waals surface area contributed by atoms with Crippen LogP contribution in [0.4, 0.5) is 58.5 Å². The first-order valence-corrected chi connectivity index (χ1v) is 31.3. The summed E-state index contributed by atoms with van der Waals surface area (Å²) in [5, 5.41) is 15.1. The molecule has 3 aliphatic carbocycles. The van der Waals surface area contributed by atoms with Gasteiger partial charge in [-0.15, -0.1) is 0 Å². The van der Waals surface area contributed by atoms with E-state index in [2.05, 4.69) is 15.2 Å². The van der Waals surface area contributed by atoms with Crippen molar-refractivity contribution in [3.05, 3.63) is 131 Å². The van der Waals surface area contributed by atoms with E-state index in [9.17, 15) is 106 Å². The molecule has 478 valence electrons. The van der Waals surface area contributed by atoms with Crippen molar-refractivity contribution in [2.75, 3.05) is 24.3 Å². The second-order valence-electron chi connectivity index (χ2n) is 20.5. The quantitative estimate of drug-likeness (QED) is 0.0728. The first-order valence-electron chi connectivity index (χ1n) is 25.2. The number of amides is 1. The van der Waals surface area contributed by atoms with Gasteiger partial charge in [-0.05, 0) is 149 Å². The summed E-state index contributed by atoms with van der Waals surface area (Å²) in [6.45, 7) is 8.80. The van der Waals surface area contributed by atoms with Gasteiger partial charge in [0, 0.05) is 11.5 Å². The Bertz CT molecular complexity index is 3790. The molecular weight excluding hydrogens is 1280 g/mol. The molecule has 2 N–H and O–H groups in total. The van der Waals surface area contributed by atoms with E-state index < -0.39 is 135 Å². The number of rotatable bonds is 15. The summed E-state index contributed by atoms with van der Waals surface area (Å²) in [5.74, 6) is -4.32. The van der Waals surface area contributed by atoms with Crippen molar-refractivity contribution >= 4 is 69.0 Å². The maximum Gasteiger partial charge on any atom is 0.416 e. The summed E-state index contributed by atoms with van der Waals surface area (Å²) in [6, 6.07) is 13.5. The molecule has 3 fully saturated rings. The van der Waals surface area contributed by atoms with Gasteiger partial charge < -0.3 is 24.4 Å². The fourth-order valence-electron chi connectivity index (χ4n) is 7.76. The van der Waals surface area contributed by atoms with Crippen LogP contribution in [0.3, 0.4) is 0 Å². The van der Waals surface area contributed by atoms with Crippen molar-refractivity contribution in [1.29, 1.82) is 0 Å². The third kappa shape index (κ3) is 16.0. The van der Waals surface area contributed by atoms with Crippen LogP contribution >= 0.6 is 0 Å². The lowest BCUT2D eigenvalue weighted by Crippen LogP contribution is -2.37. The normalized spacial score (nSPS) is 16.1. The monoisotopic (exact) mass is 1330 g/mol. The van der Waals surface area contributed by atoms with Crippen LogP contribution in [0.25, 0.3) is 0 Å². The molecule has 0 aliphatic heterocycles. The lowest BCUT2D eigenvalue weighted by molar-refractivity contribution is -0.144. The highest BCUT2D eigenvalue weighted by Gasteiger charge is 2.64. The summed E-state index contributed by atoms with van der Waals surface area (Å²) in [5.41, 5.74) is -4.19. The Labute approximate surface area is 489 Å². The molecule has 4 aromatic carbocycles. The number of aliphatic carboxylic acids is 1. The third-order valence-electron chi connectivity index (χ3n) is 13.2. The first-order chi connectivity index (χ1) is 39.7. The van der Waals surface area contributed by atoms with E-state index in [-0.39, 0.29) is 77.7 Å². The predicted octanol–water partition coefficient (Wildman–Crippen LogP) is 10.6. The van der Waals surface area contributed by atoms with Crippen LogP contribution in [0, 0.1) is 0 Å². The van der Waals surface area contributed by atoms with Crippen molar-refractivity contribution in [2.45, 2.75) is 137 Å². The van der Waals surface area contributed by atoms with Crippen LogP contribution in [-0.4, -0.2) is 101 Å². The Morgan fingerprint density at radius 3 is 1.09 bits per heavy atom. The topological polar surface area (TPSA) is 282 Å². The molecule has 0 radical (unpaired) electrons. The number of nitrogens with one attached hydrogen (secondary N) is 1. The average molecular weight is 1330 g/mol. The number of hydrogen-bond acceptors (Lipinski definition) is 16. The maximum atomic E-state index is 12.9. The predicted molar refractivity (Wildman–Crippen MR) is 280 cm³/mol. The van der Waals surface area contributed by atoms with Crippen molar-refractivity contribution < 1.29 is 125 Å². The molecule has 0 atom stereocenters. The minimum atomic E-state index is -4.57. The molecule has 0 saturated heterocycles. The van der Waals surface area contributed by atoms with Crippen molar-refractivity contribution in [2.24, 2.45) is 0 Å². The summed E-state index contributed by atoms with van der Waals surface area (Å²) >= 11 is 0. The van der Waals surface area contributed by atoms with Crippen molar-refractivity contribution in [1.82, 2.24) is 5.16 Å². The van der Waals surface area contributed by atoms with Gasteiger partial charge in [0.15, 0.2) is 65.2 Å². The van der Waals surface area contributed by atoms with Gasteiger partial charge in [-0.3, -0.25) is 19.2 Å². The number of carbonyl (C=O) groups excluding carboxylic acids is 3. The van der Waals surface area contributed by atoms with Gasteiger partial charge in [0.05, 0.1) is 55.0 Å². The van der Waals surface area contributed by atoms with Gasteiger partial charge in [0.1, 0.15) is 5.76 Å². The molecule has 1 amide bonds. The Morgan fingerprint density at radius 2 is 0.816 bits per heavy atom. The molecule has 3 aliphatic rings. The standard InChI is InChI=1S/C18H19F3N2O4S.C13H13F3O4S.C11H9F3O4S.C11H11F3O4S/c1-16(2,3)13-10-14(23-27-13)22-15(24)17(8-9-17)28(25,26)12-6-4-11(5-7-12)18(19,20)21;1-2-20-11(17)12(7-8-12)21(18,19)10-5-3-9(4-6-10)13(14,15)16;12-11(13,14)7-1-3-8(4-2-7)19(17,18)10(5-6-10)9(15)16;1-2-18-10(15)7-19(16,17)9-5-3-8(4-6-9)11(12,13)14/h4-7,10H,8-9H2,1-3H3,(H,22,23,24);3-6H,2,7-8H2,1H3;1-4H,5-6H2,(H,15,16);3-6H,2,7H2,1H3. The fraction of sp³-hybridized carbons (Fsp3) is 0.415. The Hall–Kier alpha value is -7.07. The number of benzene rings is 4. The molecular formula is C53H52F12N2O16S4. The smallest absolute Gasteiger partial charge is 0.416 e. The summed E-state index contributed by atoms with van der Waals surface area (Å²) in [7, 11) is -16.4. The Balaban J connectivity index is 0.000000215. The average Bonchev–Trinajstić information content (AvgIpc) is 1.60. The first kappa shape index (κ1) is 70.7. The number of nitrogens with zero attached hydrogens (tertiary/aromatic N) is 1. The number of anilines is 1. The molecule has 5 aromatic rings. The zero-order valence-electron chi connectivity index (χ0n) is 45.9. The van der Waals surface area contributed by atoms with Gasteiger partial charge in [0.2, 0.25) is 5.91 Å². The third-order valence-corrected chi connectivity index (χ3v) is 22.3. The number of esters is 2. The van der Waals surface area contributed by atoms with Crippen molar-refractivity contribution in [3.63, 3.8) is 0 Å². The van der Waals surface area contributed by atoms with Gasteiger partial charge in [-0.1, -0.05) is 25.9 Å². The van der Waals surface area contributed by atoms with Crippen LogP contribution in [0.15, 0.2) is 127 Å². The minimum absolute atomic E-state index is 0.0221. The largest absolute Gasteiger partial charge is 0.480 e. The lowest BCUT2D eigenvalue weighted by Gasteiger charge is -2.16. The van der Waals surface area contributed by atoms with Crippen LogP contribution < -0.4 is 5.32 Å². The number of halogens is 12. The van der Waals surface area contributed by atoms with Gasteiger partial charge in [0.25, 0.3) is 0 Å². The molecule has 18 nitrogen and oxygen atoms in total. The van der Waals surface area contributed by atoms with Crippen LogP contribution in [0.2, 0.25) is 0 Å². The van der Waals surface area contributed by atoms with E-state index in [1.54, 1.807) is 6.92 Å². The van der Waals surface area contributed by atoms with E-state index in [1.165, 1.54) is 13.0 Å². The highest BCUT2D eigenvalue weighted by atomic mass is 32.2. The van der Waals surface area contributed by atoms with E-state index >= 15 is 0 Å². The minimum Gasteiger partial charge on any atom is -0.480 e. The summed E-state index contributed by atoms with van der Waals surface area (Å²) in [6.07, 6.45) is -17.9. The number of hydrogen-bond donors (Lipinski definition) is 2. The number of ether oxygens (including phenoxy) is 2. The molecule has 34 heteroatoms. The Morgan fingerprint density at radius 1 is 0.506 bits per heavy atom. The number of carbonyl (C=O) groups is 4. The van der Waals surface area contributed by atoms with Gasteiger partial charge in [-0.25, -0.2) is 33.7 Å². The van der Waals surface area contributed by atoms with Gasteiger partial charge >= 0.3 is 42.6 Å². The number of alkyl halides is 12. The van der Waals surface area contributed by atoms with E-state index in [0.29, 0.717) is 54.3 Å². The Kier molecular flexibility index (Phi) is 20.5. The summed E-state index contributed by atoms with van der Waals surface area (Å²) in [4.78, 5) is 45.1. The molecule has 0 bridgehead atoms. The number of carboxylic acid groups (broad SMARTS) is 1. The summed E-state index contributed by atoms with van der Waals surface area (Å²) < 4.78 is 257. The van der Waals surface area contributed by atoms with E-state index in [4.69, 9.17) is 14.4 Å². The second kappa shape index (κ2) is 25.2. The second-order valence-corrected chi connectivity index (χ2v) is 29.2. The zero-order chi connectivity index (χ0) is 66.0. The van der Waals surface area contributed by atoms with Crippen molar-refractivity contribution in [3.8, 4) is 0 Å². The van der Waals surface area contributed by atoms with Crippen LogP contribution in [0.1, 0.15) is 101 Å². The molecule has 1 aromatic heterocycles. The molecule has 8 rings (SSSR count). The number of sulfone groups is 4. The lowest BCUT2D eigenvalue weighted by atomic mass is 9.93. The molecule has 1 heterocycles. The molecule has 87 heavy (non-hydrogen) atoms. The molecule has 3 saturated carbocycles. The number of carboxylic acids is 1. The highest BCUT2D eigenvalue weighted by molar-refractivity contribution is 7.94.